The Morgan fingerprint density at radius 1 is 1.38 bits per heavy atom. The largest absolute Gasteiger partial charge is 0.240 e. The first kappa shape index (κ1) is 10.2. The van der Waals surface area contributed by atoms with Gasteiger partial charge in [0.2, 0.25) is 4.47 Å². The van der Waals surface area contributed by atoms with Gasteiger partial charge in [-0.25, -0.2) is 4.52 Å². The Kier molecular flexibility index (Phi) is 2.42. The van der Waals surface area contributed by atoms with Crippen LogP contribution in [0.2, 0.25) is 4.47 Å². The van der Waals surface area contributed by atoms with Crippen LogP contribution in [0.3, 0.4) is 0 Å². The number of hydrogen-bond acceptors (Lipinski definition) is 4. The van der Waals surface area contributed by atoms with Crippen LogP contribution in [0.4, 0.5) is 0 Å². The lowest BCUT2D eigenvalue weighted by molar-refractivity contribution is 0.959. The molecule has 3 heterocycles. The van der Waals surface area contributed by atoms with E-state index in [2.05, 4.69) is 31.2 Å². The fourth-order valence-electron chi connectivity index (χ4n) is 1.43. The van der Waals surface area contributed by atoms with Crippen molar-refractivity contribution >= 4 is 44.4 Å². The highest BCUT2D eigenvalue weighted by Gasteiger charge is 2.11. The van der Waals surface area contributed by atoms with Crippen LogP contribution in [0.25, 0.3) is 16.1 Å². The van der Waals surface area contributed by atoms with Crippen LogP contribution in [-0.2, 0) is 0 Å². The van der Waals surface area contributed by atoms with E-state index in [0.29, 0.717) is 4.47 Å². The standard InChI is InChI=1S/C9H4BrClN4S/c10-5-1-2-15-7(3-5)6(4-12-15)8-13-14-9(11)16-8/h1-4H. The Balaban J connectivity index is 2.27. The van der Waals surface area contributed by atoms with E-state index in [-0.39, 0.29) is 0 Å². The highest BCUT2D eigenvalue weighted by Crippen LogP contribution is 2.30. The minimum absolute atomic E-state index is 0.435. The maximum absolute atomic E-state index is 5.77. The van der Waals surface area contributed by atoms with Crippen LogP contribution in [-0.4, -0.2) is 19.8 Å². The molecule has 0 amide bonds. The Morgan fingerprint density at radius 3 is 3.00 bits per heavy atom. The molecule has 0 bridgehead atoms. The highest BCUT2D eigenvalue weighted by molar-refractivity contribution is 9.10. The summed E-state index contributed by atoms with van der Waals surface area (Å²) in [6.45, 7) is 0. The Morgan fingerprint density at radius 2 is 2.25 bits per heavy atom. The average molecular weight is 316 g/mol. The first-order valence-corrected chi connectivity index (χ1v) is 6.35. The number of rotatable bonds is 1. The smallest absolute Gasteiger partial charge is 0.207 e. The number of fused-ring (bicyclic) bond motifs is 1. The first-order chi connectivity index (χ1) is 7.74. The van der Waals surface area contributed by atoms with Gasteiger partial charge in [-0.1, -0.05) is 27.3 Å². The maximum atomic E-state index is 5.77. The molecule has 0 saturated heterocycles. The van der Waals surface area contributed by atoms with Gasteiger partial charge in [-0.2, -0.15) is 5.10 Å². The van der Waals surface area contributed by atoms with Gasteiger partial charge in [0.15, 0.2) is 5.01 Å². The second kappa shape index (κ2) is 3.80. The van der Waals surface area contributed by atoms with Gasteiger partial charge in [-0.05, 0) is 23.7 Å². The number of pyridine rings is 1. The van der Waals surface area contributed by atoms with Crippen molar-refractivity contribution in [3.63, 3.8) is 0 Å². The SMILES string of the molecule is Clc1nnc(-c2cnn3ccc(Br)cc23)s1. The number of halogens is 2. The van der Waals surface area contributed by atoms with Gasteiger partial charge >= 0.3 is 0 Å². The second-order valence-corrected chi connectivity index (χ2v) is 5.57. The summed E-state index contributed by atoms with van der Waals surface area (Å²) in [4.78, 5) is 0. The van der Waals surface area contributed by atoms with Gasteiger partial charge in [-0.15, -0.1) is 10.2 Å². The van der Waals surface area contributed by atoms with E-state index in [1.54, 1.807) is 10.7 Å². The molecule has 0 unspecified atom stereocenters. The lowest BCUT2D eigenvalue weighted by atomic mass is 10.3. The Labute approximate surface area is 108 Å². The predicted molar refractivity (Wildman–Crippen MR) is 66.8 cm³/mol. The van der Waals surface area contributed by atoms with Crippen molar-refractivity contribution in [3.05, 3.63) is 33.5 Å². The molecule has 0 saturated carbocycles. The topological polar surface area (TPSA) is 43.1 Å². The third kappa shape index (κ3) is 1.63. The Bertz CT molecular complexity index is 662. The number of aromatic nitrogens is 4. The van der Waals surface area contributed by atoms with Crippen LogP contribution in [0.15, 0.2) is 29.0 Å². The number of hydrogen-bond donors (Lipinski definition) is 0. The molecule has 3 rings (SSSR count). The molecule has 3 aromatic rings. The summed E-state index contributed by atoms with van der Waals surface area (Å²) in [5.41, 5.74) is 1.91. The van der Waals surface area contributed by atoms with Crippen molar-refractivity contribution in [3.8, 4) is 10.6 Å². The molecular formula is C9H4BrClN4S. The van der Waals surface area contributed by atoms with Crippen molar-refractivity contribution in [1.29, 1.82) is 0 Å². The lowest BCUT2D eigenvalue weighted by Crippen LogP contribution is -1.84. The van der Waals surface area contributed by atoms with Crippen molar-refractivity contribution in [2.24, 2.45) is 0 Å². The van der Waals surface area contributed by atoms with Gasteiger partial charge in [0.25, 0.3) is 0 Å². The van der Waals surface area contributed by atoms with Crippen molar-refractivity contribution in [1.82, 2.24) is 19.8 Å². The van der Waals surface area contributed by atoms with E-state index >= 15 is 0 Å². The van der Waals surface area contributed by atoms with E-state index in [9.17, 15) is 0 Å². The van der Waals surface area contributed by atoms with Crippen LogP contribution in [0.1, 0.15) is 0 Å². The van der Waals surface area contributed by atoms with Crippen LogP contribution in [0, 0.1) is 0 Å². The van der Waals surface area contributed by atoms with Crippen LogP contribution < -0.4 is 0 Å². The molecule has 0 fully saturated rings. The van der Waals surface area contributed by atoms with Gasteiger partial charge in [-0.3, -0.25) is 0 Å². The molecule has 80 valence electrons. The molecule has 0 N–H and O–H groups in total. The third-order valence-corrected chi connectivity index (χ3v) is 3.66. The van der Waals surface area contributed by atoms with E-state index in [0.717, 1.165) is 20.6 Å². The molecule has 0 radical (unpaired) electrons. The molecule has 0 aliphatic heterocycles. The minimum Gasteiger partial charge on any atom is -0.240 e. The molecular weight excluding hydrogens is 312 g/mol. The quantitative estimate of drug-likeness (QED) is 0.692. The number of nitrogens with zero attached hydrogens (tertiary/aromatic N) is 4. The van der Waals surface area contributed by atoms with Gasteiger partial charge in [0.05, 0.1) is 17.3 Å². The molecule has 0 atom stereocenters. The van der Waals surface area contributed by atoms with E-state index in [1.807, 2.05) is 18.3 Å². The zero-order valence-electron chi connectivity index (χ0n) is 7.76. The summed E-state index contributed by atoms with van der Waals surface area (Å²) in [6.07, 6.45) is 3.64. The summed E-state index contributed by atoms with van der Waals surface area (Å²) >= 11 is 10.5. The summed E-state index contributed by atoms with van der Waals surface area (Å²) in [5.74, 6) is 0. The monoisotopic (exact) mass is 314 g/mol. The summed E-state index contributed by atoms with van der Waals surface area (Å²) in [5, 5.41) is 12.8. The first-order valence-electron chi connectivity index (χ1n) is 4.36. The molecule has 0 aliphatic rings. The maximum Gasteiger partial charge on any atom is 0.207 e. The molecule has 0 aliphatic carbocycles. The average Bonchev–Trinajstić information content (AvgIpc) is 2.83. The highest BCUT2D eigenvalue weighted by atomic mass is 79.9. The molecule has 0 spiro atoms. The van der Waals surface area contributed by atoms with E-state index < -0.39 is 0 Å². The van der Waals surface area contributed by atoms with Gasteiger partial charge < -0.3 is 0 Å². The second-order valence-electron chi connectivity index (χ2n) is 3.09. The third-order valence-electron chi connectivity index (χ3n) is 2.11. The van der Waals surface area contributed by atoms with Crippen LogP contribution in [0.5, 0.6) is 0 Å². The van der Waals surface area contributed by atoms with Crippen LogP contribution >= 0.6 is 38.9 Å². The molecule has 0 aromatic carbocycles. The van der Waals surface area contributed by atoms with Crippen molar-refractivity contribution < 1.29 is 0 Å². The lowest BCUT2D eigenvalue weighted by Gasteiger charge is -1.95. The Hall–Kier alpha value is -0.980. The molecule has 4 nitrogen and oxygen atoms in total. The molecule has 3 aromatic heterocycles. The normalized spacial score (nSPS) is 11.1. The zero-order valence-corrected chi connectivity index (χ0v) is 10.9. The fraction of sp³-hybridized carbons (Fsp3) is 0. The van der Waals surface area contributed by atoms with Gasteiger partial charge in [0, 0.05) is 10.7 Å². The molecule has 7 heteroatoms. The zero-order chi connectivity index (χ0) is 11.1. The van der Waals surface area contributed by atoms with E-state index in [1.165, 1.54) is 11.3 Å². The summed E-state index contributed by atoms with van der Waals surface area (Å²) < 4.78 is 3.22. The minimum atomic E-state index is 0.435. The fourth-order valence-corrected chi connectivity index (χ4v) is 2.62. The molecule has 16 heavy (non-hydrogen) atoms. The van der Waals surface area contributed by atoms with Crippen molar-refractivity contribution in [2.75, 3.05) is 0 Å². The summed E-state index contributed by atoms with van der Waals surface area (Å²) in [7, 11) is 0. The van der Waals surface area contributed by atoms with Gasteiger partial charge in [0.1, 0.15) is 0 Å². The summed E-state index contributed by atoms with van der Waals surface area (Å²) in [6, 6.07) is 3.91. The predicted octanol–water partition coefficient (Wildman–Crippen LogP) is 3.27. The van der Waals surface area contributed by atoms with E-state index in [4.69, 9.17) is 11.6 Å². The van der Waals surface area contributed by atoms with Crippen molar-refractivity contribution in [2.45, 2.75) is 0 Å².